The van der Waals surface area contributed by atoms with Crippen molar-refractivity contribution in [2.45, 2.75) is 31.6 Å². The zero-order chi connectivity index (χ0) is 23.9. The van der Waals surface area contributed by atoms with Gasteiger partial charge in [-0.15, -0.1) is 0 Å². The van der Waals surface area contributed by atoms with Gasteiger partial charge in [0, 0.05) is 42.5 Å². The van der Waals surface area contributed by atoms with E-state index in [-0.39, 0.29) is 5.82 Å². The molecule has 1 atom stereocenters. The van der Waals surface area contributed by atoms with E-state index < -0.39 is 11.6 Å². The average Bonchev–Trinajstić information content (AvgIpc) is 3.70. The van der Waals surface area contributed by atoms with E-state index in [1.54, 1.807) is 18.5 Å². The van der Waals surface area contributed by atoms with Crippen LogP contribution in [0.25, 0.3) is 22.3 Å². The fraction of sp³-hybridized carbons (Fsp3) is 0.308. The molecule has 2 fully saturated rings. The monoisotopic (exact) mass is 472 g/mol. The Balaban J connectivity index is 1.43. The molecule has 7 nitrogen and oxygen atoms in total. The zero-order valence-electron chi connectivity index (χ0n) is 19.1. The number of halogens is 2. The van der Waals surface area contributed by atoms with Crippen LogP contribution in [0.1, 0.15) is 37.2 Å². The molecule has 35 heavy (non-hydrogen) atoms. The average molecular weight is 473 g/mol. The van der Waals surface area contributed by atoms with E-state index in [0.717, 1.165) is 67.8 Å². The smallest absolute Gasteiger partial charge is 0.168 e. The molecule has 2 aliphatic rings. The molecule has 0 bridgehead atoms. The van der Waals surface area contributed by atoms with Crippen molar-refractivity contribution in [1.82, 2.24) is 24.9 Å². The van der Waals surface area contributed by atoms with Crippen molar-refractivity contribution >= 4 is 28.4 Å². The predicted molar refractivity (Wildman–Crippen MR) is 130 cm³/mol. The topological polar surface area (TPSA) is 79.7 Å². The van der Waals surface area contributed by atoms with Crippen LogP contribution in [0.15, 0.2) is 43.0 Å². The Labute approximate surface area is 201 Å². The highest BCUT2D eigenvalue weighted by molar-refractivity contribution is 5.94. The fourth-order valence-electron chi connectivity index (χ4n) is 4.67. The Morgan fingerprint density at radius 2 is 1.91 bits per heavy atom. The fourth-order valence-corrected chi connectivity index (χ4v) is 4.67. The van der Waals surface area contributed by atoms with Gasteiger partial charge >= 0.3 is 0 Å². The minimum Gasteiger partial charge on any atom is -0.356 e. The van der Waals surface area contributed by atoms with Crippen LogP contribution in [0, 0.1) is 24.5 Å². The first-order valence-electron chi connectivity index (χ1n) is 11.8. The quantitative estimate of drug-likeness (QED) is 0.415. The number of nitrogens with one attached hydrogen (secondary N) is 1. The van der Waals surface area contributed by atoms with Crippen molar-refractivity contribution in [3.8, 4) is 11.4 Å². The maximum Gasteiger partial charge on any atom is 0.168 e. The lowest BCUT2D eigenvalue weighted by atomic mass is 9.99. The highest BCUT2D eigenvalue weighted by Gasteiger charge is 2.30. The van der Waals surface area contributed by atoms with Crippen molar-refractivity contribution in [2.75, 3.05) is 23.3 Å². The van der Waals surface area contributed by atoms with Gasteiger partial charge < -0.3 is 10.2 Å². The van der Waals surface area contributed by atoms with Gasteiger partial charge in [0.1, 0.15) is 17.5 Å². The van der Waals surface area contributed by atoms with Crippen molar-refractivity contribution in [1.29, 1.82) is 0 Å². The number of aromatic nitrogens is 5. The molecule has 1 N–H and O–H groups in total. The summed E-state index contributed by atoms with van der Waals surface area (Å²) in [6, 6.07) is 4.31. The third kappa shape index (κ3) is 4.38. The largest absolute Gasteiger partial charge is 0.356 e. The summed E-state index contributed by atoms with van der Waals surface area (Å²) >= 11 is 0. The van der Waals surface area contributed by atoms with Crippen molar-refractivity contribution in [2.24, 2.45) is 5.92 Å². The van der Waals surface area contributed by atoms with Crippen molar-refractivity contribution in [3.05, 3.63) is 67.1 Å². The summed E-state index contributed by atoms with van der Waals surface area (Å²) < 4.78 is 27.3. The molecule has 1 aliphatic carbocycles. The molecule has 6 rings (SSSR count). The second-order valence-corrected chi connectivity index (χ2v) is 9.26. The minimum atomic E-state index is -0.798. The Hall–Kier alpha value is -3.75. The standard InChI is InChI=1S/C26H24F2N7/c1-15-3-2-8-35(14-15)26-23-19(16-4-5-16)12-29-13-21(23)32-24(34-26)17-6-7-30-22(9-17)33-25-20(28)10-18(27)11-31-25/h6-7,9-13,15-16H,1-5,8,14H2,(H,30,31,33)/t15-/m0/s1. The highest BCUT2D eigenvalue weighted by atomic mass is 19.1. The maximum absolute atomic E-state index is 14.1. The van der Waals surface area contributed by atoms with E-state index in [0.29, 0.717) is 29.0 Å². The van der Waals surface area contributed by atoms with Gasteiger partial charge in [-0.2, -0.15) is 0 Å². The molecule has 1 aliphatic heterocycles. The first kappa shape index (κ1) is 21.8. The summed E-state index contributed by atoms with van der Waals surface area (Å²) in [5.41, 5.74) is 2.73. The first-order valence-corrected chi connectivity index (χ1v) is 11.8. The van der Waals surface area contributed by atoms with Crippen LogP contribution < -0.4 is 10.2 Å². The predicted octanol–water partition coefficient (Wildman–Crippen LogP) is 5.43. The number of nitrogens with zero attached hydrogens (tertiary/aromatic N) is 6. The summed E-state index contributed by atoms with van der Waals surface area (Å²) in [4.78, 5) is 24.7. The number of pyridine rings is 3. The number of fused-ring (bicyclic) bond motifs is 1. The molecule has 1 saturated heterocycles. The summed E-state index contributed by atoms with van der Waals surface area (Å²) in [5, 5.41) is 3.89. The SMILES string of the molecule is [CH2][C@H]1CCCN(c2nc(-c3ccnc(Nc4ncc(F)cc4F)c3)nc3cncc(C4CC4)c23)C1. The lowest BCUT2D eigenvalue weighted by molar-refractivity contribution is 0.480. The number of hydrogen-bond acceptors (Lipinski definition) is 7. The summed E-state index contributed by atoms with van der Waals surface area (Å²) in [6.45, 7) is 6.06. The zero-order valence-corrected chi connectivity index (χ0v) is 19.1. The van der Waals surface area contributed by atoms with Gasteiger partial charge in [0.25, 0.3) is 0 Å². The van der Waals surface area contributed by atoms with E-state index in [2.05, 4.69) is 32.1 Å². The lowest BCUT2D eigenvalue weighted by Crippen LogP contribution is -2.35. The van der Waals surface area contributed by atoms with Crippen LogP contribution in [-0.4, -0.2) is 38.0 Å². The number of piperidine rings is 1. The minimum absolute atomic E-state index is 0.107. The molecule has 0 amide bonds. The van der Waals surface area contributed by atoms with Crippen LogP contribution in [0.4, 0.5) is 26.2 Å². The van der Waals surface area contributed by atoms with Gasteiger partial charge in [0.2, 0.25) is 0 Å². The van der Waals surface area contributed by atoms with Crippen LogP contribution in [0.5, 0.6) is 0 Å². The van der Waals surface area contributed by atoms with Crippen LogP contribution in [0.3, 0.4) is 0 Å². The Bertz CT molecular complexity index is 1410. The maximum atomic E-state index is 14.1. The third-order valence-electron chi connectivity index (χ3n) is 6.53. The van der Waals surface area contributed by atoms with Crippen LogP contribution in [-0.2, 0) is 0 Å². The number of anilines is 3. The molecule has 4 aromatic heterocycles. The molecule has 4 aromatic rings. The molecule has 9 heteroatoms. The molecule has 5 heterocycles. The second kappa shape index (κ2) is 8.79. The van der Waals surface area contributed by atoms with Crippen LogP contribution in [0.2, 0.25) is 0 Å². The second-order valence-electron chi connectivity index (χ2n) is 9.26. The van der Waals surface area contributed by atoms with Gasteiger partial charge in [-0.25, -0.2) is 28.7 Å². The van der Waals surface area contributed by atoms with E-state index in [1.165, 1.54) is 5.56 Å². The molecule has 0 spiro atoms. The van der Waals surface area contributed by atoms with Gasteiger partial charge in [-0.1, -0.05) is 0 Å². The van der Waals surface area contributed by atoms with E-state index in [4.69, 9.17) is 9.97 Å². The molecule has 0 aromatic carbocycles. The number of rotatable bonds is 5. The summed E-state index contributed by atoms with van der Waals surface area (Å²) in [7, 11) is 0. The molecule has 177 valence electrons. The summed E-state index contributed by atoms with van der Waals surface area (Å²) in [6.07, 6.45) is 10.8. The summed E-state index contributed by atoms with van der Waals surface area (Å²) in [5.74, 6) is 1.01. The molecule has 0 unspecified atom stereocenters. The van der Waals surface area contributed by atoms with Crippen LogP contribution >= 0.6 is 0 Å². The van der Waals surface area contributed by atoms with Gasteiger partial charge in [0.05, 0.1) is 17.9 Å². The Kier molecular flexibility index (Phi) is 5.47. The lowest BCUT2D eigenvalue weighted by Gasteiger charge is -2.33. The van der Waals surface area contributed by atoms with E-state index in [1.807, 2.05) is 12.3 Å². The van der Waals surface area contributed by atoms with Gasteiger partial charge in [-0.05, 0) is 62.1 Å². The molecular formula is C26H24F2N7. The third-order valence-corrected chi connectivity index (χ3v) is 6.53. The molecule has 1 saturated carbocycles. The highest BCUT2D eigenvalue weighted by Crippen LogP contribution is 2.45. The number of hydrogen-bond donors (Lipinski definition) is 1. The van der Waals surface area contributed by atoms with Crippen molar-refractivity contribution < 1.29 is 8.78 Å². The van der Waals surface area contributed by atoms with E-state index >= 15 is 0 Å². The molecule has 1 radical (unpaired) electrons. The Morgan fingerprint density at radius 1 is 1.03 bits per heavy atom. The van der Waals surface area contributed by atoms with E-state index in [9.17, 15) is 8.78 Å². The normalized spacial score (nSPS) is 18.1. The van der Waals surface area contributed by atoms with Crippen molar-refractivity contribution in [3.63, 3.8) is 0 Å². The first-order chi connectivity index (χ1) is 17.0. The molecular weight excluding hydrogens is 448 g/mol. The van der Waals surface area contributed by atoms with Gasteiger partial charge in [0.15, 0.2) is 17.5 Å². The van der Waals surface area contributed by atoms with Gasteiger partial charge in [-0.3, -0.25) is 4.98 Å². The Morgan fingerprint density at radius 3 is 2.71 bits per heavy atom.